The lowest BCUT2D eigenvalue weighted by Gasteiger charge is -2.32. The largest absolute Gasteiger partial charge is 0.497 e. The Balaban J connectivity index is 1.60. The van der Waals surface area contributed by atoms with Crippen LogP contribution in [-0.2, 0) is 13.1 Å². The number of piperidine rings is 1. The van der Waals surface area contributed by atoms with Gasteiger partial charge in [0.2, 0.25) is 0 Å². The second-order valence-corrected chi connectivity index (χ2v) is 6.48. The summed E-state index contributed by atoms with van der Waals surface area (Å²) in [5.74, 6) is 3.47. The molecule has 0 amide bonds. The van der Waals surface area contributed by atoms with Gasteiger partial charge in [0.15, 0.2) is 0 Å². The highest BCUT2D eigenvalue weighted by Crippen LogP contribution is 2.21. The molecule has 0 radical (unpaired) electrons. The molecule has 23 heavy (non-hydrogen) atoms. The van der Waals surface area contributed by atoms with E-state index in [9.17, 15) is 0 Å². The van der Waals surface area contributed by atoms with Gasteiger partial charge in [-0.2, -0.15) is 5.10 Å². The molecule has 2 heterocycles. The van der Waals surface area contributed by atoms with Gasteiger partial charge < -0.3 is 4.74 Å². The molecule has 0 spiro atoms. The van der Waals surface area contributed by atoms with E-state index in [1.807, 2.05) is 19.9 Å². The number of hydrogen-bond acceptors (Lipinski definition) is 4. The predicted molar refractivity (Wildman–Crippen MR) is 90.5 cm³/mol. The van der Waals surface area contributed by atoms with Crippen LogP contribution in [-0.4, -0.2) is 39.9 Å². The third kappa shape index (κ3) is 4.10. The molecule has 1 aromatic carbocycles. The van der Waals surface area contributed by atoms with Gasteiger partial charge in [-0.25, -0.2) is 9.67 Å². The number of rotatable bonds is 5. The van der Waals surface area contributed by atoms with Gasteiger partial charge in [-0.1, -0.05) is 12.1 Å². The molecule has 3 rings (SSSR count). The van der Waals surface area contributed by atoms with Gasteiger partial charge in [-0.15, -0.1) is 0 Å². The Hall–Kier alpha value is -1.88. The van der Waals surface area contributed by atoms with Gasteiger partial charge in [0, 0.05) is 19.6 Å². The average Bonchev–Trinajstić information content (AvgIpc) is 2.85. The van der Waals surface area contributed by atoms with Crippen molar-refractivity contribution < 1.29 is 4.74 Å². The molecule has 1 atom stereocenters. The van der Waals surface area contributed by atoms with Crippen molar-refractivity contribution in [1.29, 1.82) is 0 Å². The van der Waals surface area contributed by atoms with Crippen LogP contribution in [0.25, 0.3) is 0 Å². The summed E-state index contributed by atoms with van der Waals surface area (Å²) in [6, 6.07) is 8.38. The van der Waals surface area contributed by atoms with Crippen molar-refractivity contribution in [2.45, 2.75) is 39.8 Å². The number of aryl methyl sites for hydroxylation is 2. The predicted octanol–water partition coefficient (Wildman–Crippen LogP) is 2.82. The van der Waals surface area contributed by atoms with Gasteiger partial charge >= 0.3 is 0 Å². The van der Waals surface area contributed by atoms with E-state index < -0.39 is 0 Å². The van der Waals surface area contributed by atoms with Crippen LogP contribution >= 0.6 is 0 Å². The maximum absolute atomic E-state index is 5.32. The van der Waals surface area contributed by atoms with Crippen molar-refractivity contribution in [2.24, 2.45) is 5.92 Å². The second-order valence-electron chi connectivity index (χ2n) is 6.48. The minimum absolute atomic E-state index is 0.647. The Labute approximate surface area is 138 Å². The molecule has 5 nitrogen and oxygen atoms in total. The average molecular weight is 314 g/mol. The summed E-state index contributed by atoms with van der Waals surface area (Å²) in [5.41, 5.74) is 1.32. The fraction of sp³-hybridized carbons (Fsp3) is 0.556. The molecule has 1 fully saturated rings. The smallest absolute Gasteiger partial charge is 0.147 e. The highest BCUT2D eigenvalue weighted by Gasteiger charge is 2.21. The molecule has 1 aliphatic heterocycles. The molecule has 0 saturated carbocycles. The van der Waals surface area contributed by atoms with Gasteiger partial charge in [-0.3, -0.25) is 4.90 Å². The minimum atomic E-state index is 0.647. The van der Waals surface area contributed by atoms with Crippen molar-refractivity contribution >= 4 is 0 Å². The Morgan fingerprint density at radius 1 is 1.30 bits per heavy atom. The van der Waals surface area contributed by atoms with E-state index in [1.165, 1.54) is 24.9 Å². The van der Waals surface area contributed by atoms with Gasteiger partial charge in [0.05, 0.1) is 7.11 Å². The summed E-state index contributed by atoms with van der Waals surface area (Å²) in [4.78, 5) is 6.95. The SMILES string of the molecule is COc1cccc(CN2CCC[C@H](Cn3nc(C)nc3C)C2)c1. The summed E-state index contributed by atoms with van der Waals surface area (Å²) in [7, 11) is 1.72. The zero-order valence-electron chi connectivity index (χ0n) is 14.3. The van der Waals surface area contributed by atoms with Crippen LogP contribution in [0.1, 0.15) is 30.1 Å². The van der Waals surface area contributed by atoms with Crippen LogP contribution in [0.3, 0.4) is 0 Å². The fourth-order valence-electron chi connectivity index (χ4n) is 3.45. The fourth-order valence-corrected chi connectivity index (χ4v) is 3.45. The van der Waals surface area contributed by atoms with E-state index in [2.05, 4.69) is 37.9 Å². The van der Waals surface area contributed by atoms with E-state index in [4.69, 9.17) is 4.74 Å². The molecule has 1 saturated heterocycles. The standard InChI is InChI=1S/C18H26N4O/c1-14-19-15(2)22(20-14)13-17-7-5-9-21(12-17)11-16-6-4-8-18(10-16)23-3/h4,6,8,10,17H,5,7,9,11-13H2,1-3H3/t17-/m0/s1. The summed E-state index contributed by atoms with van der Waals surface area (Å²) in [6.45, 7) is 8.25. The molecule has 0 unspecified atom stereocenters. The highest BCUT2D eigenvalue weighted by atomic mass is 16.5. The topological polar surface area (TPSA) is 43.2 Å². The van der Waals surface area contributed by atoms with Gasteiger partial charge in [0.1, 0.15) is 17.4 Å². The van der Waals surface area contributed by atoms with Crippen LogP contribution in [0.15, 0.2) is 24.3 Å². The zero-order valence-corrected chi connectivity index (χ0v) is 14.3. The summed E-state index contributed by atoms with van der Waals surface area (Å²) < 4.78 is 7.39. The van der Waals surface area contributed by atoms with Crippen molar-refractivity contribution in [1.82, 2.24) is 19.7 Å². The lowest BCUT2D eigenvalue weighted by molar-refractivity contribution is 0.152. The number of aromatic nitrogens is 3. The lowest BCUT2D eigenvalue weighted by atomic mass is 9.97. The molecule has 0 bridgehead atoms. The third-order valence-corrected chi connectivity index (χ3v) is 4.54. The summed E-state index contributed by atoms with van der Waals surface area (Å²) >= 11 is 0. The molecular formula is C18H26N4O. The molecular weight excluding hydrogens is 288 g/mol. The third-order valence-electron chi connectivity index (χ3n) is 4.54. The molecule has 2 aromatic rings. The van der Waals surface area contributed by atoms with Crippen LogP contribution < -0.4 is 4.74 Å². The monoisotopic (exact) mass is 314 g/mol. The maximum atomic E-state index is 5.32. The Bertz CT molecular complexity index is 652. The lowest BCUT2D eigenvalue weighted by Crippen LogP contribution is -2.36. The molecule has 0 N–H and O–H groups in total. The number of methoxy groups -OCH3 is 1. The Morgan fingerprint density at radius 2 is 2.17 bits per heavy atom. The van der Waals surface area contributed by atoms with Gasteiger partial charge in [-0.05, 0) is 56.8 Å². The zero-order chi connectivity index (χ0) is 16.2. The number of likely N-dealkylation sites (tertiary alicyclic amines) is 1. The first-order valence-corrected chi connectivity index (χ1v) is 8.37. The second kappa shape index (κ2) is 7.13. The number of nitrogens with zero attached hydrogens (tertiary/aromatic N) is 4. The van der Waals surface area contributed by atoms with Crippen molar-refractivity contribution in [2.75, 3.05) is 20.2 Å². The Kier molecular flexibility index (Phi) is 4.96. The summed E-state index contributed by atoms with van der Waals surface area (Å²) in [6.07, 6.45) is 2.52. The first-order chi connectivity index (χ1) is 11.1. The van der Waals surface area contributed by atoms with Crippen molar-refractivity contribution in [3.63, 3.8) is 0 Å². The van der Waals surface area contributed by atoms with E-state index in [1.54, 1.807) is 7.11 Å². The molecule has 1 aliphatic rings. The quantitative estimate of drug-likeness (QED) is 0.851. The van der Waals surface area contributed by atoms with E-state index in [0.29, 0.717) is 5.92 Å². The van der Waals surface area contributed by atoms with Crippen LogP contribution in [0.5, 0.6) is 5.75 Å². The van der Waals surface area contributed by atoms with Gasteiger partial charge in [0.25, 0.3) is 0 Å². The maximum Gasteiger partial charge on any atom is 0.147 e. The summed E-state index contributed by atoms with van der Waals surface area (Å²) in [5, 5.41) is 4.51. The molecule has 124 valence electrons. The van der Waals surface area contributed by atoms with Crippen LogP contribution in [0.2, 0.25) is 0 Å². The van der Waals surface area contributed by atoms with Crippen LogP contribution in [0.4, 0.5) is 0 Å². The normalized spacial score (nSPS) is 19.0. The van der Waals surface area contributed by atoms with E-state index in [-0.39, 0.29) is 0 Å². The first-order valence-electron chi connectivity index (χ1n) is 8.37. The number of hydrogen-bond donors (Lipinski definition) is 0. The Morgan fingerprint density at radius 3 is 2.91 bits per heavy atom. The highest BCUT2D eigenvalue weighted by molar-refractivity contribution is 5.28. The van der Waals surface area contributed by atoms with E-state index in [0.717, 1.165) is 37.0 Å². The first kappa shape index (κ1) is 16.0. The number of benzene rings is 1. The van der Waals surface area contributed by atoms with E-state index >= 15 is 0 Å². The number of ether oxygens (including phenoxy) is 1. The van der Waals surface area contributed by atoms with Crippen molar-refractivity contribution in [3.8, 4) is 5.75 Å². The minimum Gasteiger partial charge on any atom is -0.497 e. The molecule has 0 aliphatic carbocycles. The molecule has 5 heteroatoms. The molecule has 1 aromatic heterocycles. The van der Waals surface area contributed by atoms with Crippen LogP contribution in [0, 0.1) is 19.8 Å². The van der Waals surface area contributed by atoms with Crippen molar-refractivity contribution in [3.05, 3.63) is 41.5 Å².